The summed E-state index contributed by atoms with van der Waals surface area (Å²) in [5, 5.41) is 12.8. The third-order valence-electron chi connectivity index (χ3n) is 1.83. The molecule has 1 heterocycles. The van der Waals surface area contributed by atoms with Crippen LogP contribution in [-0.2, 0) is 4.84 Å². The summed E-state index contributed by atoms with van der Waals surface area (Å²) in [4.78, 5) is 4.68. The first-order chi connectivity index (χ1) is 6.25. The van der Waals surface area contributed by atoms with Crippen molar-refractivity contribution >= 4 is 21.6 Å². The van der Waals surface area contributed by atoms with E-state index in [4.69, 9.17) is 5.11 Å². The van der Waals surface area contributed by atoms with E-state index >= 15 is 0 Å². The van der Waals surface area contributed by atoms with Crippen LogP contribution in [-0.4, -0.2) is 17.1 Å². The number of rotatable bonds is 1. The third-order valence-corrected chi connectivity index (χ3v) is 2.36. The molecule has 1 aliphatic rings. The lowest BCUT2D eigenvalue weighted by atomic mass is 10.1. The zero-order chi connectivity index (χ0) is 9.26. The first-order valence-electron chi connectivity index (χ1n) is 3.92. The summed E-state index contributed by atoms with van der Waals surface area (Å²) in [7, 11) is 0. The minimum absolute atomic E-state index is 0.460. The van der Waals surface area contributed by atoms with Gasteiger partial charge in [0.25, 0.3) is 0 Å². The number of hydrogen-bond donors (Lipinski definition) is 1. The monoisotopic (exact) mass is 241 g/mol. The van der Waals surface area contributed by atoms with Gasteiger partial charge in [-0.05, 0) is 17.7 Å². The minimum Gasteiger partial charge on any atom is -0.363 e. The van der Waals surface area contributed by atoms with E-state index in [-0.39, 0.29) is 0 Å². The van der Waals surface area contributed by atoms with Crippen molar-refractivity contribution in [2.24, 2.45) is 5.16 Å². The van der Waals surface area contributed by atoms with Crippen LogP contribution in [0.4, 0.5) is 0 Å². The molecule has 1 atom stereocenters. The zero-order valence-electron chi connectivity index (χ0n) is 6.77. The van der Waals surface area contributed by atoms with Crippen molar-refractivity contribution in [3.05, 3.63) is 34.3 Å². The minimum atomic E-state index is -0.779. The van der Waals surface area contributed by atoms with E-state index in [1.807, 2.05) is 24.3 Å². The second-order valence-corrected chi connectivity index (χ2v) is 3.72. The molecule has 1 aromatic rings. The quantitative estimate of drug-likeness (QED) is 0.816. The lowest BCUT2D eigenvalue weighted by molar-refractivity contribution is -0.0762. The van der Waals surface area contributed by atoms with E-state index in [0.717, 1.165) is 15.7 Å². The van der Waals surface area contributed by atoms with Crippen LogP contribution in [0.25, 0.3) is 0 Å². The van der Waals surface area contributed by atoms with Gasteiger partial charge in [0.15, 0.2) is 0 Å². The van der Waals surface area contributed by atoms with Crippen LogP contribution in [0, 0.1) is 0 Å². The van der Waals surface area contributed by atoms with Crippen molar-refractivity contribution in [3.63, 3.8) is 0 Å². The van der Waals surface area contributed by atoms with Gasteiger partial charge in [-0.15, -0.1) is 0 Å². The molecule has 1 aliphatic heterocycles. The summed E-state index contributed by atoms with van der Waals surface area (Å²) >= 11 is 3.35. The highest BCUT2D eigenvalue weighted by atomic mass is 79.9. The molecule has 0 radical (unpaired) electrons. The Hall–Kier alpha value is -0.870. The summed E-state index contributed by atoms with van der Waals surface area (Å²) in [5.41, 5.74) is 1.78. The lowest BCUT2D eigenvalue weighted by Crippen LogP contribution is -2.06. The largest absolute Gasteiger partial charge is 0.363 e. The Bertz CT molecular complexity index is 334. The first-order valence-corrected chi connectivity index (χ1v) is 4.72. The smallest absolute Gasteiger partial charge is 0.230 e. The molecule has 0 amide bonds. The van der Waals surface area contributed by atoms with E-state index in [0.29, 0.717) is 6.42 Å². The molecule has 13 heavy (non-hydrogen) atoms. The van der Waals surface area contributed by atoms with Crippen LogP contribution in [0.3, 0.4) is 0 Å². The van der Waals surface area contributed by atoms with Crippen LogP contribution >= 0.6 is 15.9 Å². The number of nitrogens with zero attached hydrogens (tertiary/aromatic N) is 1. The van der Waals surface area contributed by atoms with Crippen molar-refractivity contribution in [1.82, 2.24) is 0 Å². The van der Waals surface area contributed by atoms with Gasteiger partial charge in [-0.3, -0.25) is 0 Å². The molecule has 1 aromatic carbocycles. The number of hydrogen-bond acceptors (Lipinski definition) is 3. The average Bonchev–Trinajstić information content (AvgIpc) is 2.53. The number of halogens is 1. The maximum absolute atomic E-state index is 9.07. The summed E-state index contributed by atoms with van der Waals surface area (Å²) in [6, 6.07) is 7.74. The van der Waals surface area contributed by atoms with E-state index in [9.17, 15) is 0 Å². The zero-order valence-corrected chi connectivity index (χ0v) is 8.36. The molecule has 2 rings (SSSR count). The van der Waals surface area contributed by atoms with Crippen molar-refractivity contribution in [3.8, 4) is 0 Å². The van der Waals surface area contributed by atoms with Crippen molar-refractivity contribution in [2.45, 2.75) is 12.7 Å². The van der Waals surface area contributed by atoms with Crippen LogP contribution < -0.4 is 0 Å². The van der Waals surface area contributed by atoms with E-state index in [1.54, 1.807) is 0 Å². The van der Waals surface area contributed by atoms with Gasteiger partial charge in [0.2, 0.25) is 6.29 Å². The Kier molecular flexibility index (Phi) is 2.33. The molecule has 1 N–H and O–H groups in total. The maximum Gasteiger partial charge on any atom is 0.230 e. The Labute approximate surface area is 84.1 Å². The van der Waals surface area contributed by atoms with Gasteiger partial charge in [-0.2, -0.15) is 0 Å². The molecule has 0 bridgehead atoms. The second-order valence-electron chi connectivity index (χ2n) is 2.81. The summed E-state index contributed by atoms with van der Waals surface area (Å²) in [6.07, 6.45) is -0.319. The normalized spacial score (nSPS) is 21.1. The molecule has 0 aliphatic carbocycles. The van der Waals surface area contributed by atoms with Gasteiger partial charge >= 0.3 is 0 Å². The van der Waals surface area contributed by atoms with Crippen LogP contribution in [0.1, 0.15) is 12.0 Å². The van der Waals surface area contributed by atoms with E-state index in [2.05, 4.69) is 25.9 Å². The van der Waals surface area contributed by atoms with Crippen LogP contribution in [0.2, 0.25) is 0 Å². The topological polar surface area (TPSA) is 41.8 Å². The Morgan fingerprint density at radius 1 is 1.38 bits per heavy atom. The SMILES string of the molecule is OC1CC(c2ccc(Br)cc2)=NO1. The molecule has 68 valence electrons. The van der Waals surface area contributed by atoms with Crippen LogP contribution in [0.5, 0.6) is 0 Å². The molecule has 0 saturated carbocycles. The Balaban J connectivity index is 2.22. The predicted octanol–water partition coefficient (Wildman–Crippen LogP) is 1.89. The second kappa shape index (κ2) is 3.47. The van der Waals surface area contributed by atoms with Crippen molar-refractivity contribution in [1.29, 1.82) is 0 Å². The van der Waals surface area contributed by atoms with E-state index < -0.39 is 6.29 Å². The van der Waals surface area contributed by atoms with Gasteiger partial charge in [-0.25, -0.2) is 0 Å². The van der Waals surface area contributed by atoms with Gasteiger partial charge in [0, 0.05) is 4.47 Å². The fourth-order valence-corrected chi connectivity index (χ4v) is 1.44. The average molecular weight is 242 g/mol. The standard InChI is InChI=1S/C9H8BrNO2/c10-7-3-1-6(2-4-7)8-5-9(12)13-11-8/h1-4,9,12H,5H2. The number of aliphatic hydroxyl groups excluding tert-OH is 1. The highest BCUT2D eigenvalue weighted by Gasteiger charge is 2.18. The fraction of sp³-hybridized carbons (Fsp3) is 0.222. The number of aliphatic hydroxyl groups is 1. The maximum atomic E-state index is 9.07. The Morgan fingerprint density at radius 3 is 2.62 bits per heavy atom. The number of benzene rings is 1. The predicted molar refractivity (Wildman–Crippen MR) is 52.4 cm³/mol. The molecule has 0 aromatic heterocycles. The number of oxime groups is 1. The molecule has 0 fully saturated rings. The van der Waals surface area contributed by atoms with E-state index in [1.165, 1.54) is 0 Å². The highest BCUT2D eigenvalue weighted by Crippen LogP contribution is 2.17. The summed E-state index contributed by atoms with van der Waals surface area (Å²) < 4.78 is 1.02. The third kappa shape index (κ3) is 1.89. The molecule has 3 nitrogen and oxygen atoms in total. The fourth-order valence-electron chi connectivity index (χ4n) is 1.18. The van der Waals surface area contributed by atoms with Crippen molar-refractivity contribution in [2.75, 3.05) is 0 Å². The summed E-state index contributed by atoms with van der Waals surface area (Å²) in [6.45, 7) is 0. The lowest BCUT2D eigenvalue weighted by Gasteiger charge is -1.98. The van der Waals surface area contributed by atoms with Gasteiger partial charge in [0.1, 0.15) is 0 Å². The Morgan fingerprint density at radius 2 is 2.08 bits per heavy atom. The molecule has 1 unspecified atom stereocenters. The molecular formula is C9H8BrNO2. The summed E-state index contributed by atoms with van der Waals surface area (Å²) in [5.74, 6) is 0. The highest BCUT2D eigenvalue weighted by molar-refractivity contribution is 9.10. The first kappa shape index (κ1) is 8.72. The van der Waals surface area contributed by atoms with Gasteiger partial charge < -0.3 is 9.94 Å². The molecule has 0 spiro atoms. The molecular weight excluding hydrogens is 234 g/mol. The molecule has 4 heteroatoms. The van der Waals surface area contributed by atoms with Gasteiger partial charge in [0.05, 0.1) is 12.1 Å². The van der Waals surface area contributed by atoms with Crippen LogP contribution in [0.15, 0.2) is 33.9 Å². The van der Waals surface area contributed by atoms with Crippen molar-refractivity contribution < 1.29 is 9.94 Å². The van der Waals surface area contributed by atoms with Gasteiger partial charge in [-0.1, -0.05) is 33.2 Å². The molecule has 0 saturated heterocycles.